The van der Waals surface area contributed by atoms with Gasteiger partial charge in [-0.3, -0.25) is 0 Å². The molecule has 0 saturated heterocycles. The lowest BCUT2D eigenvalue weighted by atomic mass is 10.3. The first-order valence-corrected chi connectivity index (χ1v) is 7.98. The third-order valence-corrected chi connectivity index (χ3v) is 5.34. The van der Waals surface area contributed by atoms with E-state index in [4.69, 9.17) is 0 Å². The molecule has 0 rings (SSSR count). The van der Waals surface area contributed by atoms with Crippen LogP contribution in [0.15, 0.2) is 0 Å². The summed E-state index contributed by atoms with van der Waals surface area (Å²) in [4.78, 5) is 0. The SMILES string of the molecule is CC(C)(C)S(=O)(=O)CCNCCCI. The fourth-order valence-corrected chi connectivity index (χ4v) is 2.24. The molecule has 5 heteroatoms. The number of halogens is 1. The van der Waals surface area contributed by atoms with E-state index in [9.17, 15) is 8.42 Å². The molecule has 0 spiro atoms. The second-order valence-corrected chi connectivity index (χ2v) is 8.17. The van der Waals surface area contributed by atoms with E-state index in [1.807, 2.05) is 0 Å². The second-order valence-electron chi connectivity index (χ2n) is 4.22. The molecular weight excluding hydrogens is 313 g/mol. The molecule has 0 heterocycles. The molecule has 0 aliphatic rings. The molecule has 0 aromatic carbocycles. The Hall–Kier alpha value is 0.640. The maximum atomic E-state index is 11.6. The van der Waals surface area contributed by atoms with Crippen LogP contribution < -0.4 is 5.32 Å². The molecule has 0 aromatic heterocycles. The van der Waals surface area contributed by atoms with Crippen LogP contribution in [0.2, 0.25) is 0 Å². The lowest BCUT2D eigenvalue weighted by Gasteiger charge is -2.19. The van der Waals surface area contributed by atoms with Crippen molar-refractivity contribution in [2.45, 2.75) is 31.9 Å². The van der Waals surface area contributed by atoms with Gasteiger partial charge in [-0.2, -0.15) is 0 Å². The highest BCUT2D eigenvalue weighted by Gasteiger charge is 2.27. The van der Waals surface area contributed by atoms with Crippen molar-refractivity contribution in [3.8, 4) is 0 Å². The van der Waals surface area contributed by atoms with Gasteiger partial charge in [-0.1, -0.05) is 22.6 Å². The van der Waals surface area contributed by atoms with Gasteiger partial charge >= 0.3 is 0 Å². The van der Waals surface area contributed by atoms with Crippen molar-refractivity contribution in [1.29, 1.82) is 0 Å². The lowest BCUT2D eigenvalue weighted by Crippen LogP contribution is -2.34. The average Bonchev–Trinajstić information content (AvgIpc) is 2.02. The van der Waals surface area contributed by atoms with Gasteiger partial charge in [0.1, 0.15) is 0 Å². The molecular formula is C9H20INO2S. The Morgan fingerprint density at radius 1 is 1.21 bits per heavy atom. The molecule has 0 aliphatic carbocycles. The molecule has 0 atom stereocenters. The van der Waals surface area contributed by atoms with Crippen molar-refractivity contribution in [3.05, 3.63) is 0 Å². The van der Waals surface area contributed by atoms with E-state index in [1.54, 1.807) is 20.8 Å². The maximum Gasteiger partial charge on any atom is 0.156 e. The van der Waals surface area contributed by atoms with E-state index < -0.39 is 14.6 Å². The summed E-state index contributed by atoms with van der Waals surface area (Å²) in [6.07, 6.45) is 1.09. The third kappa shape index (κ3) is 5.50. The van der Waals surface area contributed by atoms with Crippen LogP contribution in [0.4, 0.5) is 0 Å². The molecule has 0 fully saturated rings. The quantitative estimate of drug-likeness (QED) is 0.456. The zero-order valence-electron chi connectivity index (χ0n) is 9.14. The molecule has 86 valence electrons. The van der Waals surface area contributed by atoms with E-state index in [0.29, 0.717) is 6.54 Å². The molecule has 0 radical (unpaired) electrons. The van der Waals surface area contributed by atoms with E-state index >= 15 is 0 Å². The number of nitrogens with one attached hydrogen (secondary N) is 1. The lowest BCUT2D eigenvalue weighted by molar-refractivity contribution is 0.556. The number of alkyl halides is 1. The number of hydrogen-bond donors (Lipinski definition) is 1. The number of hydrogen-bond acceptors (Lipinski definition) is 3. The van der Waals surface area contributed by atoms with E-state index in [0.717, 1.165) is 17.4 Å². The maximum absolute atomic E-state index is 11.6. The van der Waals surface area contributed by atoms with E-state index in [-0.39, 0.29) is 5.75 Å². The Kier molecular flexibility index (Phi) is 6.56. The van der Waals surface area contributed by atoms with Gasteiger partial charge in [0.05, 0.1) is 10.5 Å². The monoisotopic (exact) mass is 333 g/mol. The first-order chi connectivity index (χ1) is 6.31. The first-order valence-electron chi connectivity index (χ1n) is 4.80. The highest BCUT2D eigenvalue weighted by Crippen LogP contribution is 2.14. The second kappa shape index (κ2) is 6.27. The molecule has 1 N–H and O–H groups in total. The van der Waals surface area contributed by atoms with E-state index in [2.05, 4.69) is 27.9 Å². The smallest absolute Gasteiger partial charge is 0.156 e. The van der Waals surface area contributed by atoms with Gasteiger partial charge in [-0.05, 0) is 33.7 Å². The molecule has 0 unspecified atom stereocenters. The van der Waals surface area contributed by atoms with Crippen LogP contribution in [0, 0.1) is 0 Å². The predicted octanol–water partition coefficient (Wildman–Crippen LogP) is 1.61. The fourth-order valence-electron chi connectivity index (χ4n) is 0.830. The molecule has 0 aliphatic heterocycles. The predicted molar refractivity (Wildman–Crippen MR) is 69.9 cm³/mol. The van der Waals surface area contributed by atoms with Gasteiger partial charge in [-0.25, -0.2) is 8.42 Å². The topological polar surface area (TPSA) is 46.2 Å². The minimum Gasteiger partial charge on any atom is -0.316 e. The van der Waals surface area contributed by atoms with Crippen LogP contribution in [0.5, 0.6) is 0 Å². The van der Waals surface area contributed by atoms with Crippen LogP contribution in [-0.2, 0) is 9.84 Å². The summed E-state index contributed by atoms with van der Waals surface area (Å²) in [5.74, 6) is 0.234. The van der Waals surface area contributed by atoms with Crippen LogP contribution in [0.25, 0.3) is 0 Å². The largest absolute Gasteiger partial charge is 0.316 e. The summed E-state index contributed by atoms with van der Waals surface area (Å²) in [5, 5.41) is 3.13. The van der Waals surface area contributed by atoms with Crippen molar-refractivity contribution >= 4 is 32.4 Å². The van der Waals surface area contributed by atoms with Gasteiger partial charge in [0, 0.05) is 11.0 Å². The highest BCUT2D eigenvalue weighted by atomic mass is 127. The molecule has 0 aromatic rings. The van der Waals surface area contributed by atoms with Crippen LogP contribution in [0.1, 0.15) is 27.2 Å². The van der Waals surface area contributed by atoms with Crippen molar-refractivity contribution < 1.29 is 8.42 Å². The Balaban J connectivity index is 3.80. The van der Waals surface area contributed by atoms with Gasteiger partial charge in [-0.15, -0.1) is 0 Å². The zero-order chi connectivity index (χ0) is 11.2. The van der Waals surface area contributed by atoms with Gasteiger partial charge < -0.3 is 5.32 Å². The van der Waals surface area contributed by atoms with Gasteiger partial charge in [0.25, 0.3) is 0 Å². The first kappa shape index (κ1) is 14.6. The molecule has 0 saturated carbocycles. The van der Waals surface area contributed by atoms with Gasteiger partial charge in [0.2, 0.25) is 0 Å². The van der Waals surface area contributed by atoms with Crippen LogP contribution in [-0.4, -0.2) is 36.4 Å². The Labute approximate surface area is 101 Å². The summed E-state index contributed by atoms with van der Waals surface area (Å²) >= 11 is 2.31. The molecule has 14 heavy (non-hydrogen) atoms. The van der Waals surface area contributed by atoms with Gasteiger partial charge in [0.15, 0.2) is 9.84 Å². The Morgan fingerprint density at radius 3 is 2.21 bits per heavy atom. The Morgan fingerprint density at radius 2 is 1.79 bits per heavy atom. The van der Waals surface area contributed by atoms with Crippen molar-refractivity contribution in [2.24, 2.45) is 0 Å². The summed E-state index contributed by atoms with van der Waals surface area (Å²) in [5.41, 5.74) is 0. The zero-order valence-corrected chi connectivity index (χ0v) is 12.1. The van der Waals surface area contributed by atoms with E-state index in [1.165, 1.54) is 0 Å². The summed E-state index contributed by atoms with van der Waals surface area (Å²) in [7, 11) is -2.95. The minimum atomic E-state index is -2.95. The number of sulfone groups is 1. The summed E-state index contributed by atoms with van der Waals surface area (Å²) in [6.45, 7) is 6.70. The van der Waals surface area contributed by atoms with Crippen molar-refractivity contribution in [1.82, 2.24) is 5.32 Å². The molecule has 3 nitrogen and oxygen atoms in total. The fraction of sp³-hybridized carbons (Fsp3) is 1.00. The van der Waals surface area contributed by atoms with Crippen LogP contribution >= 0.6 is 22.6 Å². The van der Waals surface area contributed by atoms with Crippen molar-refractivity contribution in [3.63, 3.8) is 0 Å². The average molecular weight is 333 g/mol. The van der Waals surface area contributed by atoms with Crippen molar-refractivity contribution in [2.75, 3.05) is 23.3 Å². The molecule has 0 bridgehead atoms. The normalized spacial score (nSPS) is 13.1. The third-order valence-electron chi connectivity index (χ3n) is 1.97. The molecule has 0 amide bonds. The Bertz CT molecular complexity index is 244. The van der Waals surface area contributed by atoms with Crippen LogP contribution in [0.3, 0.4) is 0 Å². The summed E-state index contributed by atoms with van der Waals surface area (Å²) in [6, 6.07) is 0. The highest BCUT2D eigenvalue weighted by molar-refractivity contribution is 14.1. The standard InChI is InChI=1S/C9H20INO2S/c1-9(2,3)14(12,13)8-7-11-6-4-5-10/h11H,4-8H2,1-3H3. The number of rotatable bonds is 6. The minimum absolute atomic E-state index is 0.234. The summed E-state index contributed by atoms with van der Waals surface area (Å²) < 4.78 is 23.8.